The molecule has 0 saturated heterocycles. The lowest BCUT2D eigenvalue weighted by Gasteiger charge is -2.11. The van der Waals surface area contributed by atoms with Gasteiger partial charge < -0.3 is 5.11 Å². The Morgan fingerprint density at radius 1 is 1.36 bits per heavy atom. The van der Waals surface area contributed by atoms with Gasteiger partial charge in [-0.3, -0.25) is 0 Å². The van der Waals surface area contributed by atoms with Crippen molar-refractivity contribution >= 4 is 0 Å². The van der Waals surface area contributed by atoms with Crippen molar-refractivity contribution < 1.29 is 5.11 Å². The number of aliphatic hydroxyl groups is 1. The van der Waals surface area contributed by atoms with Gasteiger partial charge in [-0.15, -0.1) is 0 Å². The minimum Gasteiger partial charge on any atom is -0.396 e. The highest BCUT2D eigenvalue weighted by atomic mass is 16.3. The second kappa shape index (κ2) is 3.74. The van der Waals surface area contributed by atoms with Crippen LogP contribution < -0.4 is 0 Å². The molecule has 14 heavy (non-hydrogen) atoms. The third-order valence-corrected chi connectivity index (χ3v) is 3.31. The summed E-state index contributed by atoms with van der Waals surface area (Å²) in [4.78, 5) is 0. The van der Waals surface area contributed by atoms with Crippen LogP contribution in [0.25, 0.3) is 0 Å². The molecule has 76 valence electrons. The van der Waals surface area contributed by atoms with Crippen molar-refractivity contribution in [2.24, 2.45) is 0 Å². The van der Waals surface area contributed by atoms with E-state index in [1.807, 2.05) is 0 Å². The fourth-order valence-electron chi connectivity index (χ4n) is 2.67. The fraction of sp³-hybridized carbons (Fsp3) is 0.538. The summed E-state index contributed by atoms with van der Waals surface area (Å²) in [5.41, 5.74) is 5.82. The standard InChI is InChI=1S/C13H18O/c1-9-7-10(2)12-4-3-11(5-6-14)13(12)8-9/h7-8,11,14H,3-6H2,1-2H3. The monoisotopic (exact) mass is 190 g/mol. The van der Waals surface area contributed by atoms with Crippen LogP contribution in [0.2, 0.25) is 0 Å². The van der Waals surface area contributed by atoms with Crippen LogP contribution in [-0.2, 0) is 6.42 Å². The van der Waals surface area contributed by atoms with Gasteiger partial charge in [0.25, 0.3) is 0 Å². The molecule has 0 fully saturated rings. The maximum absolute atomic E-state index is 8.99. The smallest absolute Gasteiger partial charge is 0.0436 e. The van der Waals surface area contributed by atoms with Gasteiger partial charge in [-0.1, -0.05) is 17.7 Å². The summed E-state index contributed by atoms with van der Waals surface area (Å²) >= 11 is 0. The van der Waals surface area contributed by atoms with Crippen molar-refractivity contribution in [1.82, 2.24) is 0 Å². The van der Waals surface area contributed by atoms with Crippen LogP contribution >= 0.6 is 0 Å². The number of hydrogen-bond acceptors (Lipinski definition) is 1. The molecule has 0 saturated carbocycles. The lowest BCUT2D eigenvalue weighted by Crippen LogP contribution is -1.97. The van der Waals surface area contributed by atoms with Crippen LogP contribution in [0.3, 0.4) is 0 Å². The summed E-state index contributed by atoms with van der Waals surface area (Å²) in [6.07, 6.45) is 3.35. The highest BCUT2D eigenvalue weighted by Crippen LogP contribution is 2.37. The Morgan fingerprint density at radius 3 is 2.86 bits per heavy atom. The van der Waals surface area contributed by atoms with E-state index in [1.165, 1.54) is 35.1 Å². The van der Waals surface area contributed by atoms with Crippen LogP contribution in [-0.4, -0.2) is 11.7 Å². The second-order valence-electron chi connectivity index (χ2n) is 4.40. The van der Waals surface area contributed by atoms with Crippen molar-refractivity contribution in [3.63, 3.8) is 0 Å². The van der Waals surface area contributed by atoms with Crippen LogP contribution in [0.4, 0.5) is 0 Å². The number of fused-ring (bicyclic) bond motifs is 1. The van der Waals surface area contributed by atoms with E-state index in [0.29, 0.717) is 12.5 Å². The molecular weight excluding hydrogens is 172 g/mol. The van der Waals surface area contributed by atoms with Crippen LogP contribution in [0.5, 0.6) is 0 Å². The average Bonchev–Trinajstić information content (AvgIpc) is 2.49. The molecule has 1 atom stereocenters. The van der Waals surface area contributed by atoms with Crippen LogP contribution in [0, 0.1) is 13.8 Å². The molecule has 2 rings (SSSR count). The van der Waals surface area contributed by atoms with Gasteiger partial charge in [0.1, 0.15) is 0 Å². The van der Waals surface area contributed by atoms with Gasteiger partial charge >= 0.3 is 0 Å². The molecule has 1 aliphatic carbocycles. The molecule has 0 bridgehead atoms. The molecule has 0 aliphatic heterocycles. The van der Waals surface area contributed by atoms with Gasteiger partial charge in [-0.05, 0) is 55.7 Å². The zero-order chi connectivity index (χ0) is 10.1. The fourth-order valence-corrected chi connectivity index (χ4v) is 2.67. The Labute approximate surface area is 85.8 Å². The van der Waals surface area contributed by atoms with Gasteiger partial charge in [-0.25, -0.2) is 0 Å². The lowest BCUT2D eigenvalue weighted by molar-refractivity contribution is 0.275. The Kier molecular flexibility index (Phi) is 2.60. The Bertz CT molecular complexity index is 341. The quantitative estimate of drug-likeness (QED) is 0.760. The highest BCUT2D eigenvalue weighted by Gasteiger charge is 2.23. The molecule has 0 radical (unpaired) electrons. The van der Waals surface area contributed by atoms with E-state index in [9.17, 15) is 0 Å². The Balaban J connectivity index is 2.38. The van der Waals surface area contributed by atoms with E-state index in [1.54, 1.807) is 0 Å². The second-order valence-corrected chi connectivity index (χ2v) is 4.40. The van der Waals surface area contributed by atoms with Crippen molar-refractivity contribution in [2.75, 3.05) is 6.61 Å². The number of aliphatic hydroxyl groups excluding tert-OH is 1. The largest absolute Gasteiger partial charge is 0.396 e. The number of aryl methyl sites for hydroxylation is 2. The summed E-state index contributed by atoms with van der Waals surface area (Å²) in [6, 6.07) is 4.57. The zero-order valence-electron chi connectivity index (χ0n) is 9.01. The molecule has 1 unspecified atom stereocenters. The van der Waals surface area contributed by atoms with E-state index in [0.717, 1.165) is 6.42 Å². The highest BCUT2D eigenvalue weighted by molar-refractivity contribution is 5.43. The normalized spacial score (nSPS) is 19.8. The molecule has 1 nitrogen and oxygen atoms in total. The summed E-state index contributed by atoms with van der Waals surface area (Å²) in [7, 11) is 0. The summed E-state index contributed by atoms with van der Waals surface area (Å²) < 4.78 is 0. The first-order chi connectivity index (χ1) is 6.72. The van der Waals surface area contributed by atoms with E-state index >= 15 is 0 Å². The number of hydrogen-bond donors (Lipinski definition) is 1. The predicted octanol–water partition coefficient (Wildman–Crippen LogP) is 2.72. The summed E-state index contributed by atoms with van der Waals surface area (Å²) in [5.74, 6) is 0.605. The molecule has 1 aromatic rings. The minimum absolute atomic E-state index is 0.317. The third kappa shape index (κ3) is 1.57. The molecule has 0 aromatic heterocycles. The molecule has 1 N–H and O–H groups in total. The van der Waals surface area contributed by atoms with Gasteiger partial charge in [-0.2, -0.15) is 0 Å². The lowest BCUT2D eigenvalue weighted by atomic mass is 9.95. The molecule has 0 amide bonds. The molecule has 1 aromatic carbocycles. The zero-order valence-corrected chi connectivity index (χ0v) is 9.01. The molecule has 1 heteroatoms. The van der Waals surface area contributed by atoms with Crippen molar-refractivity contribution in [1.29, 1.82) is 0 Å². The van der Waals surface area contributed by atoms with E-state index < -0.39 is 0 Å². The van der Waals surface area contributed by atoms with Crippen molar-refractivity contribution in [3.8, 4) is 0 Å². The van der Waals surface area contributed by atoms with Crippen LogP contribution in [0.15, 0.2) is 12.1 Å². The van der Waals surface area contributed by atoms with Gasteiger partial charge in [0.2, 0.25) is 0 Å². The molecule has 1 aliphatic rings. The minimum atomic E-state index is 0.317. The van der Waals surface area contributed by atoms with E-state index in [2.05, 4.69) is 26.0 Å². The molecular formula is C13H18O. The molecule has 0 heterocycles. The topological polar surface area (TPSA) is 20.2 Å². The first-order valence-electron chi connectivity index (χ1n) is 5.43. The van der Waals surface area contributed by atoms with Crippen molar-refractivity contribution in [3.05, 3.63) is 34.4 Å². The SMILES string of the molecule is Cc1cc(C)c2c(c1)C(CCO)CC2. The maximum Gasteiger partial charge on any atom is 0.0436 e. The van der Waals surface area contributed by atoms with Crippen LogP contribution in [0.1, 0.15) is 41.0 Å². The maximum atomic E-state index is 8.99. The average molecular weight is 190 g/mol. The van der Waals surface area contributed by atoms with E-state index in [-0.39, 0.29) is 0 Å². The third-order valence-electron chi connectivity index (χ3n) is 3.31. The van der Waals surface area contributed by atoms with Gasteiger partial charge in [0, 0.05) is 6.61 Å². The first-order valence-corrected chi connectivity index (χ1v) is 5.43. The Hall–Kier alpha value is -0.820. The van der Waals surface area contributed by atoms with Gasteiger partial charge in [0.15, 0.2) is 0 Å². The summed E-state index contributed by atoms with van der Waals surface area (Å²) in [5, 5.41) is 8.99. The van der Waals surface area contributed by atoms with E-state index in [4.69, 9.17) is 5.11 Å². The predicted molar refractivity (Wildman–Crippen MR) is 58.7 cm³/mol. The number of rotatable bonds is 2. The Morgan fingerprint density at radius 2 is 2.14 bits per heavy atom. The number of benzene rings is 1. The van der Waals surface area contributed by atoms with Gasteiger partial charge in [0.05, 0.1) is 0 Å². The summed E-state index contributed by atoms with van der Waals surface area (Å²) in [6.45, 7) is 4.67. The van der Waals surface area contributed by atoms with Crippen molar-refractivity contribution in [2.45, 2.75) is 39.0 Å². The molecule has 0 spiro atoms. The first kappa shape index (κ1) is 9.72.